The van der Waals surface area contributed by atoms with Gasteiger partial charge < -0.3 is 15.1 Å². The molecule has 0 aromatic heterocycles. The van der Waals surface area contributed by atoms with E-state index in [2.05, 4.69) is 45.4 Å². The summed E-state index contributed by atoms with van der Waals surface area (Å²) in [6.45, 7) is 5.96. The van der Waals surface area contributed by atoms with Gasteiger partial charge in [-0.15, -0.1) is 0 Å². The van der Waals surface area contributed by atoms with Crippen LogP contribution in [0.1, 0.15) is 25.7 Å². The molecule has 0 radical (unpaired) electrons. The molecular formula is C18H27N3O. The van der Waals surface area contributed by atoms with E-state index in [1.807, 2.05) is 0 Å². The van der Waals surface area contributed by atoms with Crippen LogP contribution in [0.2, 0.25) is 0 Å². The first-order valence-electron chi connectivity index (χ1n) is 8.61. The fourth-order valence-corrected chi connectivity index (χ4v) is 3.51. The lowest BCUT2D eigenvalue weighted by molar-refractivity contribution is -0.131. The van der Waals surface area contributed by atoms with Crippen LogP contribution in [0.15, 0.2) is 30.3 Å². The number of anilines is 1. The Morgan fingerprint density at radius 2 is 2.00 bits per heavy atom. The van der Waals surface area contributed by atoms with E-state index in [-0.39, 0.29) is 0 Å². The van der Waals surface area contributed by atoms with Crippen molar-refractivity contribution >= 4 is 11.6 Å². The number of benzene rings is 1. The van der Waals surface area contributed by atoms with E-state index in [0.29, 0.717) is 11.8 Å². The number of hydrogen-bond donors (Lipinski definition) is 1. The molecule has 2 saturated heterocycles. The number of nitrogens with one attached hydrogen (secondary N) is 1. The van der Waals surface area contributed by atoms with E-state index in [0.717, 1.165) is 58.5 Å². The van der Waals surface area contributed by atoms with Crippen molar-refractivity contribution in [3.63, 3.8) is 0 Å². The van der Waals surface area contributed by atoms with E-state index in [1.165, 1.54) is 12.1 Å². The zero-order valence-corrected chi connectivity index (χ0v) is 13.3. The van der Waals surface area contributed by atoms with Crippen molar-refractivity contribution in [1.29, 1.82) is 0 Å². The third-order valence-corrected chi connectivity index (χ3v) is 4.90. The second kappa shape index (κ2) is 7.63. The molecule has 1 amide bonds. The van der Waals surface area contributed by atoms with Gasteiger partial charge in [0.25, 0.3) is 0 Å². The Kier molecular flexibility index (Phi) is 5.33. The maximum Gasteiger partial charge on any atom is 0.222 e. The summed E-state index contributed by atoms with van der Waals surface area (Å²) in [7, 11) is 0. The van der Waals surface area contributed by atoms with Gasteiger partial charge in [-0.1, -0.05) is 18.2 Å². The Bertz CT molecular complexity index is 470. The molecule has 2 aliphatic heterocycles. The molecule has 1 aromatic rings. The van der Waals surface area contributed by atoms with E-state index >= 15 is 0 Å². The van der Waals surface area contributed by atoms with Crippen molar-refractivity contribution in [2.45, 2.75) is 25.7 Å². The summed E-state index contributed by atoms with van der Waals surface area (Å²) in [5.74, 6) is 1.05. The molecule has 22 heavy (non-hydrogen) atoms. The fraction of sp³-hybridized carbons (Fsp3) is 0.611. The summed E-state index contributed by atoms with van der Waals surface area (Å²) in [4.78, 5) is 16.9. The lowest BCUT2D eigenvalue weighted by Crippen LogP contribution is -2.35. The van der Waals surface area contributed by atoms with Crippen LogP contribution in [0.4, 0.5) is 5.69 Å². The molecule has 4 heteroatoms. The van der Waals surface area contributed by atoms with Gasteiger partial charge in [0.2, 0.25) is 5.91 Å². The summed E-state index contributed by atoms with van der Waals surface area (Å²) < 4.78 is 0. The quantitative estimate of drug-likeness (QED) is 0.925. The van der Waals surface area contributed by atoms with E-state index < -0.39 is 0 Å². The van der Waals surface area contributed by atoms with Gasteiger partial charge in [0, 0.05) is 38.3 Å². The van der Waals surface area contributed by atoms with Crippen molar-refractivity contribution in [3.05, 3.63) is 30.3 Å². The van der Waals surface area contributed by atoms with Crippen LogP contribution in [-0.4, -0.2) is 50.1 Å². The van der Waals surface area contributed by atoms with E-state index in [1.54, 1.807) is 0 Å². The maximum atomic E-state index is 12.4. The summed E-state index contributed by atoms with van der Waals surface area (Å²) in [6.07, 6.45) is 4.06. The second-order valence-electron chi connectivity index (χ2n) is 6.45. The van der Waals surface area contributed by atoms with Gasteiger partial charge in [-0.05, 0) is 50.4 Å². The molecule has 1 unspecified atom stereocenters. The van der Waals surface area contributed by atoms with Gasteiger partial charge >= 0.3 is 0 Å². The normalized spacial score (nSPS) is 22.6. The zero-order valence-electron chi connectivity index (χ0n) is 13.3. The van der Waals surface area contributed by atoms with Crippen LogP contribution in [0.3, 0.4) is 0 Å². The first kappa shape index (κ1) is 15.3. The number of carbonyl (C=O) groups is 1. The first-order valence-corrected chi connectivity index (χ1v) is 8.61. The monoisotopic (exact) mass is 301 g/mol. The molecule has 1 aromatic carbocycles. The topological polar surface area (TPSA) is 35.6 Å². The first-order chi connectivity index (χ1) is 10.8. The Morgan fingerprint density at radius 3 is 2.77 bits per heavy atom. The highest BCUT2D eigenvalue weighted by Crippen LogP contribution is 2.18. The highest BCUT2D eigenvalue weighted by atomic mass is 16.2. The van der Waals surface area contributed by atoms with Gasteiger partial charge in [-0.25, -0.2) is 0 Å². The van der Waals surface area contributed by atoms with Crippen molar-refractivity contribution in [2.75, 3.05) is 44.2 Å². The Hall–Kier alpha value is -1.55. The van der Waals surface area contributed by atoms with Crippen molar-refractivity contribution in [1.82, 2.24) is 10.2 Å². The molecule has 3 rings (SSSR count). The zero-order chi connectivity index (χ0) is 15.2. The predicted octanol–water partition coefficient (Wildman–Crippen LogP) is 2.11. The van der Waals surface area contributed by atoms with Crippen molar-refractivity contribution < 1.29 is 4.79 Å². The van der Waals surface area contributed by atoms with Gasteiger partial charge in [-0.2, -0.15) is 0 Å². The molecule has 120 valence electrons. The van der Waals surface area contributed by atoms with Gasteiger partial charge in [0.15, 0.2) is 0 Å². The second-order valence-corrected chi connectivity index (χ2v) is 6.45. The smallest absolute Gasteiger partial charge is 0.222 e. The van der Waals surface area contributed by atoms with Crippen molar-refractivity contribution in [2.24, 2.45) is 5.92 Å². The Balaban J connectivity index is 1.48. The van der Waals surface area contributed by atoms with Crippen LogP contribution >= 0.6 is 0 Å². The minimum atomic E-state index is 0.349. The largest absolute Gasteiger partial charge is 0.370 e. The number of carbonyl (C=O) groups excluding carboxylic acids is 1. The maximum absolute atomic E-state index is 12.4. The highest BCUT2D eigenvalue weighted by Gasteiger charge is 2.21. The fourth-order valence-electron chi connectivity index (χ4n) is 3.51. The van der Waals surface area contributed by atoms with Crippen LogP contribution in [0.25, 0.3) is 0 Å². The number of nitrogens with zero attached hydrogens (tertiary/aromatic N) is 2. The van der Waals surface area contributed by atoms with E-state index in [4.69, 9.17) is 0 Å². The predicted molar refractivity (Wildman–Crippen MR) is 90.1 cm³/mol. The minimum absolute atomic E-state index is 0.349. The van der Waals surface area contributed by atoms with E-state index in [9.17, 15) is 4.79 Å². The standard InChI is InChI=1S/C18H27N3O/c22-18(8-7-16-9-10-19-15-16)21-12-4-11-20(13-14-21)17-5-2-1-3-6-17/h1-3,5-6,16,19H,4,7-15H2. The molecular weight excluding hydrogens is 274 g/mol. The average molecular weight is 301 g/mol. The van der Waals surface area contributed by atoms with Crippen LogP contribution in [-0.2, 0) is 4.79 Å². The lowest BCUT2D eigenvalue weighted by atomic mass is 10.0. The highest BCUT2D eigenvalue weighted by molar-refractivity contribution is 5.76. The summed E-state index contributed by atoms with van der Waals surface area (Å²) in [5, 5.41) is 3.38. The molecule has 2 fully saturated rings. The number of para-hydroxylation sites is 1. The Morgan fingerprint density at radius 1 is 1.14 bits per heavy atom. The van der Waals surface area contributed by atoms with Crippen LogP contribution in [0, 0.1) is 5.92 Å². The third-order valence-electron chi connectivity index (χ3n) is 4.90. The molecule has 1 N–H and O–H groups in total. The van der Waals surface area contributed by atoms with Gasteiger partial charge in [-0.3, -0.25) is 4.79 Å². The molecule has 0 saturated carbocycles. The van der Waals surface area contributed by atoms with Crippen LogP contribution < -0.4 is 10.2 Å². The van der Waals surface area contributed by atoms with Gasteiger partial charge in [0.05, 0.1) is 0 Å². The molecule has 4 nitrogen and oxygen atoms in total. The molecule has 0 spiro atoms. The molecule has 2 aliphatic rings. The summed E-state index contributed by atoms with van der Waals surface area (Å²) in [6, 6.07) is 10.5. The summed E-state index contributed by atoms with van der Waals surface area (Å²) >= 11 is 0. The molecule has 1 atom stereocenters. The minimum Gasteiger partial charge on any atom is -0.370 e. The van der Waals surface area contributed by atoms with Crippen molar-refractivity contribution in [3.8, 4) is 0 Å². The molecule has 0 aliphatic carbocycles. The lowest BCUT2D eigenvalue weighted by Gasteiger charge is -2.24. The molecule has 0 bridgehead atoms. The summed E-state index contributed by atoms with van der Waals surface area (Å²) in [5.41, 5.74) is 1.27. The average Bonchev–Trinajstić information content (AvgIpc) is 2.96. The SMILES string of the molecule is O=C(CCC1CCNC1)N1CCCN(c2ccccc2)CC1. The van der Waals surface area contributed by atoms with Gasteiger partial charge in [0.1, 0.15) is 0 Å². The number of amides is 1. The number of hydrogen-bond acceptors (Lipinski definition) is 3. The van der Waals surface area contributed by atoms with Crippen LogP contribution in [0.5, 0.6) is 0 Å². The number of rotatable bonds is 4. The molecule has 2 heterocycles. The Labute approximate surface area is 133 Å². The third kappa shape index (κ3) is 4.01.